The number of hydrogen-bond acceptors (Lipinski definition) is 1. The fraction of sp³-hybridized carbons (Fsp3) is 0.0444. The second-order valence-electron chi connectivity index (χ2n) is 13.8. The molecule has 5 nitrogen and oxygen atoms in total. The molecule has 0 saturated heterocycles. The van der Waals surface area contributed by atoms with Crippen LogP contribution in [0.2, 0.25) is 0 Å². The summed E-state index contributed by atoms with van der Waals surface area (Å²) in [6.07, 6.45) is 4.64. The van der Waals surface area contributed by atoms with Crippen molar-refractivity contribution in [2.75, 3.05) is 6.54 Å². The Kier molecular flexibility index (Phi) is 5.15. The van der Waals surface area contributed by atoms with Crippen molar-refractivity contribution in [3.8, 4) is 0 Å². The van der Waals surface area contributed by atoms with Gasteiger partial charge >= 0.3 is 0 Å². The molecule has 7 aromatic carbocycles. The maximum atomic E-state index is 5.60. The lowest BCUT2D eigenvalue weighted by molar-refractivity contribution is -0.846. The predicted molar refractivity (Wildman–Crippen MR) is 208 cm³/mol. The highest BCUT2D eigenvalue weighted by molar-refractivity contribution is 6.39. The van der Waals surface area contributed by atoms with E-state index in [0.29, 0.717) is 0 Å². The molecule has 0 bridgehead atoms. The average Bonchev–Trinajstić information content (AvgIpc) is 3.82. The van der Waals surface area contributed by atoms with E-state index in [9.17, 15) is 0 Å². The van der Waals surface area contributed by atoms with Crippen molar-refractivity contribution < 1.29 is 10.6 Å². The van der Waals surface area contributed by atoms with E-state index >= 15 is 0 Å². The molecule has 234 valence electrons. The zero-order chi connectivity index (χ0) is 32.5. The smallest absolute Gasteiger partial charge is 0.259 e. The first-order valence-electron chi connectivity index (χ1n) is 17.5. The van der Waals surface area contributed by atoms with Crippen molar-refractivity contribution in [3.63, 3.8) is 0 Å². The van der Waals surface area contributed by atoms with E-state index in [1.54, 1.807) is 0 Å². The molecule has 5 heteroatoms. The molecule has 2 aliphatic heterocycles. The third-order valence-electron chi connectivity index (χ3n) is 11.2. The van der Waals surface area contributed by atoms with Gasteiger partial charge in [0, 0.05) is 37.9 Å². The molecule has 10 aromatic rings. The summed E-state index contributed by atoms with van der Waals surface area (Å²) in [5.74, 6) is 0.972. The number of quaternary nitrogens is 2. The molecule has 50 heavy (non-hydrogen) atoms. The summed E-state index contributed by atoms with van der Waals surface area (Å²) in [6, 6.07) is 49.2. The molecular weight excluding hydrogens is 611 g/mol. The van der Waals surface area contributed by atoms with E-state index in [4.69, 9.17) is 4.99 Å². The number of benzene rings is 7. The second kappa shape index (κ2) is 9.67. The van der Waals surface area contributed by atoms with E-state index < -0.39 is 0 Å². The van der Waals surface area contributed by atoms with Crippen LogP contribution in [0.4, 0.5) is 0 Å². The molecule has 5 heterocycles. The van der Waals surface area contributed by atoms with Gasteiger partial charge in [-0.25, -0.2) is 4.99 Å². The van der Waals surface area contributed by atoms with Crippen LogP contribution < -0.4 is 10.6 Å². The van der Waals surface area contributed by atoms with Gasteiger partial charge < -0.3 is 4.40 Å². The van der Waals surface area contributed by atoms with Crippen LogP contribution >= 0.6 is 0 Å². The molecule has 0 saturated carbocycles. The number of rotatable bonds is 2. The number of aliphatic imine (C=N–C) groups is 1. The van der Waals surface area contributed by atoms with E-state index in [2.05, 4.69) is 165 Å². The zero-order valence-electron chi connectivity index (χ0n) is 27.1. The highest BCUT2D eigenvalue weighted by atomic mass is 15.2. The van der Waals surface area contributed by atoms with Gasteiger partial charge in [-0.15, -0.1) is 0 Å². The molecule has 0 amide bonds. The lowest BCUT2D eigenvalue weighted by Gasteiger charge is -2.25. The van der Waals surface area contributed by atoms with Crippen LogP contribution in [0.5, 0.6) is 0 Å². The van der Waals surface area contributed by atoms with Gasteiger partial charge in [-0.2, -0.15) is 0 Å². The van der Waals surface area contributed by atoms with E-state index in [1.807, 2.05) is 0 Å². The predicted octanol–water partition coefficient (Wildman–Crippen LogP) is 8.01. The SMILES string of the molecule is C1=CC2=NC(n3c4ccccc4c4c5ccccc5c5c6cccc7c8cc9ccccc9cc8n(c76)c5c43)=C(c3ccccc3)[NH2+]C2[NH2+]C1. The molecule has 1 atom stereocenters. The van der Waals surface area contributed by atoms with Crippen LogP contribution in [0.3, 0.4) is 0 Å². The van der Waals surface area contributed by atoms with Crippen LogP contribution in [0.1, 0.15) is 5.56 Å². The topological polar surface area (TPSA) is 54.9 Å². The first kappa shape index (κ1) is 26.7. The number of hydrogen-bond donors (Lipinski definition) is 2. The Morgan fingerprint density at radius 3 is 2.08 bits per heavy atom. The Morgan fingerprint density at radius 2 is 1.24 bits per heavy atom. The summed E-state index contributed by atoms with van der Waals surface area (Å²) < 4.78 is 5.07. The molecule has 0 fully saturated rings. The van der Waals surface area contributed by atoms with Gasteiger partial charge in [0.1, 0.15) is 0 Å². The maximum Gasteiger partial charge on any atom is 0.259 e. The average molecular weight is 642 g/mol. The highest BCUT2D eigenvalue weighted by Gasteiger charge is 2.35. The third-order valence-corrected chi connectivity index (χ3v) is 11.2. The third kappa shape index (κ3) is 3.35. The first-order chi connectivity index (χ1) is 24.8. The maximum absolute atomic E-state index is 5.60. The Bertz CT molecular complexity index is 3170. The Balaban J connectivity index is 1.38. The summed E-state index contributed by atoms with van der Waals surface area (Å²) in [5, 5.41) is 17.6. The molecule has 0 aliphatic carbocycles. The summed E-state index contributed by atoms with van der Waals surface area (Å²) in [7, 11) is 0. The van der Waals surface area contributed by atoms with Gasteiger partial charge in [-0.3, -0.25) is 15.2 Å². The van der Waals surface area contributed by atoms with E-state index in [1.165, 1.54) is 92.7 Å². The van der Waals surface area contributed by atoms with Gasteiger partial charge in [-0.05, 0) is 64.0 Å². The van der Waals surface area contributed by atoms with Crippen molar-refractivity contribution >= 4 is 98.7 Å². The minimum atomic E-state index is 0.184. The molecule has 3 aromatic heterocycles. The molecule has 12 rings (SSSR count). The van der Waals surface area contributed by atoms with Crippen LogP contribution in [0.25, 0.3) is 93.0 Å². The van der Waals surface area contributed by atoms with Crippen LogP contribution in [0, 0.1) is 0 Å². The van der Waals surface area contributed by atoms with Gasteiger partial charge in [0.25, 0.3) is 6.17 Å². The van der Waals surface area contributed by atoms with E-state index in [-0.39, 0.29) is 6.17 Å². The first-order valence-corrected chi connectivity index (χ1v) is 17.5. The molecule has 0 spiro atoms. The van der Waals surface area contributed by atoms with Gasteiger partial charge in [0.2, 0.25) is 5.82 Å². The Labute approximate surface area is 286 Å². The lowest BCUT2D eigenvalue weighted by Crippen LogP contribution is -3.13. The minimum absolute atomic E-state index is 0.184. The largest absolute Gasteiger partial charge is 0.306 e. The summed E-state index contributed by atoms with van der Waals surface area (Å²) in [5.41, 5.74) is 9.56. The molecule has 4 N–H and O–H groups in total. The fourth-order valence-electron chi connectivity index (χ4n) is 9.16. The summed E-state index contributed by atoms with van der Waals surface area (Å²) in [4.78, 5) is 5.60. The highest BCUT2D eigenvalue weighted by Crippen LogP contribution is 2.49. The van der Waals surface area contributed by atoms with Crippen LogP contribution in [-0.2, 0) is 0 Å². The van der Waals surface area contributed by atoms with E-state index in [0.717, 1.165) is 18.1 Å². The Morgan fingerprint density at radius 1 is 0.560 bits per heavy atom. The minimum Gasteiger partial charge on any atom is -0.306 e. The summed E-state index contributed by atoms with van der Waals surface area (Å²) in [6.45, 7) is 0.954. The number of fused-ring (bicyclic) bond motifs is 15. The molecule has 0 radical (unpaired) electrons. The van der Waals surface area contributed by atoms with Crippen molar-refractivity contribution in [2.45, 2.75) is 6.17 Å². The van der Waals surface area contributed by atoms with Crippen LogP contribution in [-0.4, -0.2) is 27.4 Å². The van der Waals surface area contributed by atoms with Crippen molar-refractivity contribution in [1.82, 2.24) is 8.97 Å². The van der Waals surface area contributed by atoms with Crippen molar-refractivity contribution in [2.24, 2.45) is 4.99 Å². The van der Waals surface area contributed by atoms with Crippen molar-refractivity contribution in [3.05, 3.63) is 151 Å². The van der Waals surface area contributed by atoms with Crippen molar-refractivity contribution in [1.29, 1.82) is 0 Å². The number of aromatic nitrogens is 2. The molecule has 1 unspecified atom stereocenters. The second-order valence-corrected chi connectivity index (χ2v) is 13.8. The molecule has 2 aliphatic rings. The number of para-hydroxylation sites is 2. The van der Waals surface area contributed by atoms with Crippen LogP contribution in [0.15, 0.2) is 151 Å². The fourth-order valence-corrected chi connectivity index (χ4v) is 9.16. The molecular formula is C45H31N5+2. The summed E-state index contributed by atoms with van der Waals surface area (Å²) >= 11 is 0. The zero-order valence-corrected chi connectivity index (χ0v) is 27.1. The Hall–Kier alpha value is -6.27. The quantitative estimate of drug-likeness (QED) is 0.192. The normalized spacial score (nSPS) is 16.7. The number of nitrogens with zero attached hydrogens (tertiary/aromatic N) is 3. The van der Waals surface area contributed by atoms with Gasteiger partial charge in [0.05, 0.1) is 34.1 Å². The van der Waals surface area contributed by atoms with Gasteiger partial charge in [-0.1, -0.05) is 103 Å². The monoisotopic (exact) mass is 641 g/mol. The number of nitrogens with two attached hydrogens (primary N) is 2. The lowest BCUT2D eigenvalue weighted by atomic mass is 9.97. The standard InChI is InChI=1S/C45H29N5/c1-2-12-26(13-3-1)40-45(47-35-21-11-23-46-44(35)48-40)50-36-22-9-8-18-32(36)38-29-16-6-7-17-30(29)39-33-20-10-19-31-34-24-27-14-4-5-15-28(27)25-37(34)49(41(31)33)42(39)43(38)50/h1-22,24-25,44,46,48H,23H2/p+2. The van der Waals surface area contributed by atoms with Gasteiger partial charge in [0.15, 0.2) is 11.4 Å².